The van der Waals surface area contributed by atoms with Crippen LogP contribution in [0.4, 0.5) is 13.2 Å². The quantitative estimate of drug-likeness (QED) is 0.278. The van der Waals surface area contributed by atoms with Gasteiger partial charge in [0.05, 0.1) is 28.8 Å². The first-order valence-corrected chi connectivity index (χ1v) is 11.3. The number of rotatable bonds is 10. The number of ether oxygens (including phenoxy) is 3. The predicted octanol–water partition coefficient (Wildman–Crippen LogP) is 6.99. The zero-order valence-electron chi connectivity index (χ0n) is 18.9. The van der Waals surface area contributed by atoms with Crippen molar-refractivity contribution in [2.45, 2.75) is 24.8 Å². The number of nitriles is 1. The van der Waals surface area contributed by atoms with Gasteiger partial charge >= 0.3 is 6.18 Å². The Bertz CT molecular complexity index is 1280. The van der Waals surface area contributed by atoms with Gasteiger partial charge in [-0.3, -0.25) is 4.79 Å². The average Bonchev–Trinajstić information content (AvgIpc) is 2.84. The maximum absolute atomic E-state index is 13.5. The fourth-order valence-corrected chi connectivity index (χ4v) is 3.80. The van der Waals surface area contributed by atoms with E-state index in [1.165, 1.54) is 13.2 Å². The Hall–Kier alpha value is -3.25. The van der Waals surface area contributed by atoms with Gasteiger partial charge in [-0.25, -0.2) is 0 Å². The van der Waals surface area contributed by atoms with Crippen molar-refractivity contribution < 1.29 is 32.2 Å². The SMILES string of the molecule is COCc1cccc(C(C#N)(Oc2ccccc2Cl)C(=O)CCOc2ccc(C(F)(F)F)cc2Cl)c1. The molecule has 0 saturated heterocycles. The third-order valence-electron chi connectivity index (χ3n) is 5.14. The van der Waals surface area contributed by atoms with Gasteiger partial charge in [0.25, 0.3) is 5.60 Å². The molecule has 0 heterocycles. The molecule has 0 aliphatic carbocycles. The smallest absolute Gasteiger partial charge is 0.416 e. The highest BCUT2D eigenvalue weighted by molar-refractivity contribution is 6.32. The van der Waals surface area contributed by atoms with Gasteiger partial charge < -0.3 is 14.2 Å². The molecule has 3 aromatic rings. The van der Waals surface area contributed by atoms with Gasteiger partial charge in [0.1, 0.15) is 17.6 Å². The Balaban J connectivity index is 1.88. The number of carbonyl (C=O) groups is 1. The molecule has 0 spiro atoms. The minimum absolute atomic E-state index is 0.0332. The van der Waals surface area contributed by atoms with Crippen LogP contribution < -0.4 is 9.47 Å². The second-order valence-corrected chi connectivity index (χ2v) is 8.44. The number of methoxy groups -OCH3 is 1. The van der Waals surface area contributed by atoms with E-state index in [2.05, 4.69) is 0 Å². The van der Waals surface area contributed by atoms with E-state index < -0.39 is 23.1 Å². The molecule has 3 aromatic carbocycles. The Morgan fingerprint density at radius 1 is 0.944 bits per heavy atom. The highest BCUT2D eigenvalue weighted by atomic mass is 35.5. The monoisotopic (exact) mass is 537 g/mol. The summed E-state index contributed by atoms with van der Waals surface area (Å²) in [5.74, 6) is -0.561. The van der Waals surface area contributed by atoms with Crippen LogP contribution in [-0.2, 0) is 27.9 Å². The van der Waals surface area contributed by atoms with E-state index in [1.807, 2.05) is 6.07 Å². The van der Waals surface area contributed by atoms with Crippen molar-refractivity contribution >= 4 is 29.0 Å². The zero-order valence-corrected chi connectivity index (χ0v) is 20.5. The van der Waals surface area contributed by atoms with Crippen LogP contribution in [0.3, 0.4) is 0 Å². The molecule has 0 bridgehead atoms. The Morgan fingerprint density at radius 2 is 1.69 bits per heavy atom. The van der Waals surface area contributed by atoms with Gasteiger partial charge in [-0.2, -0.15) is 18.4 Å². The molecule has 0 saturated carbocycles. The van der Waals surface area contributed by atoms with Crippen molar-refractivity contribution in [2.75, 3.05) is 13.7 Å². The molecule has 0 fully saturated rings. The summed E-state index contributed by atoms with van der Waals surface area (Å²) >= 11 is 12.1. The molecular weight excluding hydrogens is 518 g/mol. The van der Waals surface area contributed by atoms with Crippen molar-refractivity contribution in [1.82, 2.24) is 0 Å². The van der Waals surface area contributed by atoms with Crippen molar-refractivity contribution in [1.29, 1.82) is 5.26 Å². The summed E-state index contributed by atoms with van der Waals surface area (Å²) in [5, 5.41) is 10.1. The molecule has 0 aliphatic heterocycles. The van der Waals surface area contributed by atoms with Gasteiger partial charge in [0, 0.05) is 19.1 Å². The summed E-state index contributed by atoms with van der Waals surface area (Å²) < 4.78 is 55.2. The minimum Gasteiger partial charge on any atom is -0.492 e. The number of nitrogens with zero attached hydrogens (tertiary/aromatic N) is 1. The van der Waals surface area contributed by atoms with Gasteiger partial charge in [0.2, 0.25) is 0 Å². The fraction of sp³-hybridized carbons (Fsp3) is 0.231. The van der Waals surface area contributed by atoms with Crippen molar-refractivity contribution in [3.63, 3.8) is 0 Å². The molecule has 0 radical (unpaired) electrons. The molecule has 188 valence electrons. The molecule has 36 heavy (non-hydrogen) atoms. The third kappa shape index (κ3) is 6.30. The van der Waals surface area contributed by atoms with Crippen LogP contribution in [0.5, 0.6) is 11.5 Å². The van der Waals surface area contributed by atoms with Crippen molar-refractivity contribution in [3.8, 4) is 17.6 Å². The van der Waals surface area contributed by atoms with Gasteiger partial charge in [-0.05, 0) is 42.0 Å². The molecule has 5 nitrogen and oxygen atoms in total. The molecule has 10 heteroatoms. The summed E-state index contributed by atoms with van der Waals surface area (Å²) in [6, 6.07) is 17.6. The average molecular weight is 538 g/mol. The van der Waals surface area contributed by atoms with Crippen molar-refractivity contribution in [3.05, 3.63) is 93.5 Å². The molecule has 0 aliphatic rings. The van der Waals surface area contributed by atoms with E-state index >= 15 is 0 Å². The summed E-state index contributed by atoms with van der Waals surface area (Å²) in [6.07, 6.45) is -4.87. The second-order valence-electron chi connectivity index (χ2n) is 7.62. The van der Waals surface area contributed by atoms with E-state index in [4.69, 9.17) is 37.4 Å². The predicted molar refractivity (Wildman–Crippen MR) is 128 cm³/mol. The fourth-order valence-electron chi connectivity index (χ4n) is 3.39. The van der Waals surface area contributed by atoms with E-state index in [1.54, 1.807) is 42.5 Å². The third-order valence-corrected chi connectivity index (χ3v) is 5.75. The molecule has 0 amide bonds. The van der Waals surface area contributed by atoms with Gasteiger partial charge in [-0.15, -0.1) is 0 Å². The number of halogens is 5. The van der Waals surface area contributed by atoms with E-state index in [9.17, 15) is 23.2 Å². The number of ketones is 1. The lowest BCUT2D eigenvalue weighted by Crippen LogP contribution is -2.41. The molecule has 1 atom stereocenters. The number of hydrogen-bond acceptors (Lipinski definition) is 5. The lowest BCUT2D eigenvalue weighted by Gasteiger charge is -2.28. The van der Waals surface area contributed by atoms with Crippen LogP contribution in [0.1, 0.15) is 23.1 Å². The summed E-state index contributed by atoms with van der Waals surface area (Å²) in [6.45, 7) is -0.0256. The number of alkyl halides is 3. The number of benzene rings is 3. The van der Waals surface area contributed by atoms with Crippen LogP contribution >= 0.6 is 23.2 Å². The summed E-state index contributed by atoms with van der Waals surface area (Å²) in [4.78, 5) is 13.5. The molecule has 3 rings (SSSR count). The van der Waals surface area contributed by atoms with E-state index in [0.717, 1.165) is 18.2 Å². The molecule has 0 N–H and O–H groups in total. The maximum Gasteiger partial charge on any atom is 0.416 e. The number of para-hydroxylation sites is 1. The highest BCUT2D eigenvalue weighted by Crippen LogP contribution is 2.36. The van der Waals surface area contributed by atoms with Crippen LogP contribution in [0.25, 0.3) is 0 Å². The number of carbonyl (C=O) groups excluding carboxylic acids is 1. The standard InChI is InChI=1S/C26H20Cl2F3NO4/c1-34-15-17-5-4-6-18(13-17)25(16-32,36-23-8-3-2-7-20(23)27)24(33)11-12-35-22-10-9-19(14-21(22)28)26(29,30)31/h2-10,13-14H,11-12,15H2,1H3. The molecule has 1 unspecified atom stereocenters. The van der Waals surface area contributed by atoms with Crippen molar-refractivity contribution in [2.24, 2.45) is 0 Å². The van der Waals surface area contributed by atoms with E-state index in [0.29, 0.717) is 5.56 Å². The Morgan fingerprint density at radius 3 is 2.33 bits per heavy atom. The zero-order chi connectivity index (χ0) is 26.3. The minimum atomic E-state index is -4.56. The number of hydrogen-bond donors (Lipinski definition) is 0. The highest BCUT2D eigenvalue weighted by Gasteiger charge is 2.43. The first kappa shape index (κ1) is 27.3. The van der Waals surface area contributed by atoms with Gasteiger partial charge in [0.15, 0.2) is 5.78 Å². The molecular formula is C26H20Cl2F3NO4. The van der Waals surface area contributed by atoms with Gasteiger partial charge in [-0.1, -0.05) is 53.5 Å². The second kappa shape index (κ2) is 11.7. The Kier molecular flexibility index (Phi) is 8.85. The summed E-state index contributed by atoms with van der Waals surface area (Å²) in [5.41, 5.74) is -2.04. The number of Topliss-reactive ketones (excluding diaryl/α,β-unsaturated/α-hetero) is 1. The topological polar surface area (TPSA) is 68.5 Å². The van der Waals surface area contributed by atoms with Crippen LogP contribution in [-0.4, -0.2) is 19.5 Å². The molecule has 0 aromatic heterocycles. The van der Waals surface area contributed by atoms with Crippen LogP contribution in [0, 0.1) is 11.3 Å². The lowest BCUT2D eigenvalue weighted by atomic mass is 9.88. The first-order valence-electron chi connectivity index (χ1n) is 10.6. The van der Waals surface area contributed by atoms with E-state index in [-0.39, 0.29) is 46.7 Å². The van der Waals surface area contributed by atoms with Crippen LogP contribution in [0.2, 0.25) is 10.0 Å². The first-order chi connectivity index (χ1) is 17.1. The van der Waals surface area contributed by atoms with Crippen LogP contribution in [0.15, 0.2) is 66.7 Å². The largest absolute Gasteiger partial charge is 0.492 e. The lowest BCUT2D eigenvalue weighted by molar-refractivity contribution is -0.137. The summed E-state index contributed by atoms with van der Waals surface area (Å²) in [7, 11) is 1.51. The Labute approximate surface area is 215 Å². The normalized spacial score (nSPS) is 12.9. The maximum atomic E-state index is 13.5.